The van der Waals surface area contributed by atoms with Crippen LogP contribution >= 0.6 is 0 Å². The number of rotatable bonds is 4. The Morgan fingerprint density at radius 1 is 1.08 bits per heavy atom. The highest BCUT2D eigenvalue weighted by Gasteiger charge is 2.18. The second-order valence-electron chi connectivity index (χ2n) is 5.60. The molecule has 0 aliphatic rings. The molecule has 0 saturated heterocycles. The minimum absolute atomic E-state index is 0.0265. The van der Waals surface area contributed by atoms with Crippen molar-refractivity contribution in [1.29, 1.82) is 0 Å². The number of nitrogens with zero attached hydrogens (tertiary/aromatic N) is 5. The Hall–Kier alpha value is -3.62. The molecule has 0 saturated carbocycles. The molecule has 4 rings (SSSR count). The van der Waals surface area contributed by atoms with Crippen molar-refractivity contribution in [3.8, 4) is 11.3 Å². The molecule has 3 heterocycles. The molecule has 26 heavy (non-hydrogen) atoms. The second kappa shape index (κ2) is 6.03. The molecule has 0 fully saturated rings. The molecule has 0 spiro atoms. The van der Waals surface area contributed by atoms with Crippen LogP contribution in [-0.2, 0) is 6.54 Å². The van der Waals surface area contributed by atoms with Crippen molar-refractivity contribution < 1.29 is 13.6 Å². The van der Waals surface area contributed by atoms with Crippen molar-refractivity contribution in [3.05, 3.63) is 72.1 Å². The van der Waals surface area contributed by atoms with Gasteiger partial charge < -0.3 is 5.73 Å². The summed E-state index contributed by atoms with van der Waals surface area (Å²) in [6, 6.07) is 8.61. The summed E-state index contributed by atoms with van der Waals surface area (Å²) in [5, 5.41) is 4.00. The van der Waals surface area contributed by atoms with E-state index in [-0.39, 0.29) is 18.2 Å². The number of carbonyl (C=O) groups excluding carboxylic acids is 1. The van der Waals surface area contributed by atoms with Crippen molar-refractivity contribution in [3.63, 3.8) is 0 Å². The summed E-state index contributed by atoms with van der Waals surface area (Å²) in [7, 11) is 0. The van der Waals surface area contributed by atoms with Crippen LogP contribution in [0.25, 0.3) is 16.9 Å². The summed E-state index contributed by atoms with van der Waals surface area (Å²) in [4.78, 5) is 19.8. The van der Waals surface area contributed by atoms with Gasteiger partial charge in [-0.05, 0) is 36.4 Å². The Labute approximate surface area is 145 Å². The molecule has 1 aromatic carbocycles. The fourth-order valence-electron chi connectivity index (χ4n) is 2.77. The van der Waals surface area contributed by atoms with Crippen LogP contribution in [0.1, 0.15) is 16.3 Å². The lowest BCUT2D eigenvalue weighted by Crippen LogP contribution is -2.20. The lowest BCUT2D eigenvalue weighted by atomic mass is 10.1. The minimum atomic E-state index is -0.731. The molecule has 3 aromatic heterocycles. The summed E-state index contributed by atoms with van der Waals surface area (Å²) in [5.41, 5.74) is 7.52. The second-order valence-corrected chi connectivity index (χ2v) is 5.60. The van der Waals surface area contributed by atoms with Gasteiger partial charge in [0.2, 0.25) is 5.82 Å². The van der Waals surface area contributed by atoms with Gasteiger partial charge in [0.25, 0.3) is 5.91 Å². The number of nitrogens with two attached hydrogens (primary N) is 1. The average Bonchev–Trinajstić information content (AvgIpc) is 3.21. The van der Waals surface area contributed by atoms with Crippen LogP contribution in [0.2, 0.25) is 0 Å². The van der Waals surface area contributed by atoms with Crippen molar-refractivity contribution in [2.45, 2.75) is 6.54 Å². The van der Waals surface area contributed by atoms with Crippen molar-refractivity contribution >= 4 is 11.6 Å². The molecular weight excluding hydrogens is 342 g/mol. The topological polar surface area (TPSA) is 91.1 Å². The number of fused-ring (bicyclic) bond motifs is 1. The third-order valence-electron chi connectivity index (χ3n) is 3.93. The highest BCUT2D eigenvalue weighted by Crippen LogP contribution is 2.26. The molecule has 2 N–H and O–H groups in total. The number of pyridine rings is 1. The highest BCUT2D eigenvalue weighted by molar-refractivity contribution is 5.89. The van der Waals surface area contributed by atoms with Gasteiger partial charge in [-0.1, -0.05) is 0 Å². The largest absolute Gasteiger partial charge is 0.363 e. The molecule has 0 atom stereocenters. The highest BCUT2D eigenvalue weighted by atomic mass is 19.1. The van der Waals surface area contributed by atoms with E-state index in [1.807, 2.05) is 0 Å². The first kappa shape index (κ1) is 15.9. The molecule has 7 nitrogen and oxygen atoms in total. The van der Waals surface area contributed by atoms with Gasteiger partial charge >= 0.3 is 0 Å². The maximum Gasteiger partial charge on any atom is 0.286 e. The zero-order chi connectivity index (χ0) is 18.3. The predicted octanol–water partition coefficient (Wildman–Crippen LogP) is 2.02. The Bertz CT molecular complexity index is 1120. The van der Waals surface area contributed by atoms with E-state index in [0.717, 1.165) is 0 Å². The van der Waals surface area contributed by atoms with E-state index in [1.54, 1.807) is 16.5 Å². The lowest BCUT2D eigenvalue weighted by molar-refractivity contribution is 0.0985. The van der Waals surface area contributed by atoms with Crippen LogP contribution in [0.4, 0.5) is 8.78 Å². The number of aromatic nitrogens is 5. The standard InChI is InChI=1S/C17H12F2N6O/c18-11-3-1-10(2-4-11)15-13(8-25-17(16(20)26)21-9-22-25)24-7-12(19)5-6-14(24)23-15/h1-7,9H,8H2,(H2,20,26). The summed E-state index contributed by atoms with van der Waals surface area (Å²) < 4.78 is 29.9. The number of carbonyl (C=O) groups is 1. The van der Waals surface area contributed by atoms with E-state index in [0.29, 0.717) is 22.6 Å². The molecule has 0 unspecified atom stereocenters. The molecule has 130 valence electrons. The predicted molar refractivity (Wildman–Crippen MR) is 88.2 cm³/mol. The zero-order valence-corrected chi connectivity index (χ0v) is 13.3. The first-order chi connectivity index (χ1) is 12.5. The van der Waals surface area contributed by atoms with Crippen LogP contribution < -0.4 is 5.73 Å². The Morgan fingerprint density at radius 3 is 2.54 bits per heavy atom. The maximum absolute atomic E-state index is 13.8. The quantitative estimate of drug-likeness (QED) is 0.607. The van der Waals surface area contributed by atoms with Gasteiger partial charge in [-0.15, -0.1) is 0 Å². The fourth-order valence-corrected chi connectivity index (χ4v) is 2.77. The van der Waals surface area contributed by atoms with Gasteiger partial charge in [0.05, 0.1) is 17.9 Å². The molecule has 4 aromatic rings. The van der Waals surface area contributed by atoms with Crippen LogP contribution in [0.5, 0.6) is 0 Å². The summed E-state index contributed by atoms with van der Waals surface area (Å²) in [5.74, 6) is -1.58. The molecule has 0 bridgehead atoms. The van der Waals surface area contributed by atoms with Gasteiger partial charge in [0.15, 0.2) is 0 Å². The average molecular weight is 354 g/mol. The van der Waals surface area contributed by atoms with Crippen molar-refractivity contribution in [2.24, 2.45) is 5.73 Å². The van der Waals surface area contributed by atoms with E-state index < -0.39 is 11.7 Å². The van der Waals surface area contributed by atoms with E-state index >= 15 is 0 Å². The first-order valence-electron chi connectivity index (χ1n) is 7.63. The number of hydrogen-bond acceptors (Lipinski definition) is 4. The van der Waals surface area contributed by atoms with Gasteiger partial charge in [0, 0.05) is 11.8 Å². The Kier molecular flexibility index (Phi) is 3.68. The van der Waals surface area contributed by atoms with Crippen LogP contribution in [0.3, 0.4) is 0 Å². The zero-order valence-electron chi connectivity index (χ0n) is 13.3. The number of benzene rings is 1. The van der Waals surface area contributed by atoms with Gasteiger partial charge in [-0.25, -0.2) is 23.4 Å². The number of primary amides is 1. The fraction of sp³-hybridized carbons (Fsp3) is 0.0588. The van der Waals surface area contributed by atoms with Crippen molar-refractivity contribution in [1.82, 2.24) is 24.1 Å². The third-order valence-corrected chi connectivity index (χ3v) is 3.93. The Morgan fingerprint density at radius 2 is 1.81 bits per heavy atom. The van der Waals surface area contributed by atoms with Gasteiger partial charge in [-0.2, -0.15) is 5.10 Å². The smallest absolute Gasteiger partial charge is 0.286 e. The van der Waals surface area contributed by atoms with E-state index in [9.17, 15) is 13.6 Å². The van der Waals surface area contributed by atoms with Crippen molar-refractivity contribution in [2.75, 3.05) is 0 Å². The Balaban J connectivity index is 1.91. The molecule has 9 heteroatoms. The van der Waals surface area contributed by atoms with Crippen LogP contribution in [0.15, 0.2) is 48.9 Å². The molecule has 0 radical (unpaired) electrons. The number of imidazole rings is 1. The van der Waals surface area contributed by atoms with E-state index in [4.69, 9.17) is 5.73 Å². The molecule has 0 aliphatic heterocycles. The van der Waals surface area contributed by atoms with E-state index in [2.05, 4.69) is 15.1 Å². The number of amides is 1. The summed E-state index contributed by atoms with van der Waals surface area (Å²) >= 11 is 0. The molecule has 0 aliphatic carbocycles. The van der Waals surface area contributed by atoms with Crippen LogP contribution in [0, 0.1) is 11.6 Å². The SMILES string of the molecule is NC(=O)c1ncnn1Cc1c(-c2ccc(F)cc2)nc2ccc(F)cn12. The van der Waals surface area contributed by atoms with Crippen LogP contribution in [-0.4, -0.2) is 30.1 Å². The minimum Gasteiger partial charge on any atom is -0.363 e. The maximum atomic E-state index is 13.8. The monoisotopic (exact) mass is 354 g/mol. The number of halogens is 2. The molecular formula is C17H12F2N6O. The lowest BCUT2D eigenvalue weighted by Gasteiger charge is -2.07. The number of hydrogen-bond donors (Lipinski definition) is 1. The normalized spacial score (nSPS) is 11.2. The first-order valence-corrected chi connectivity index (χ1v) is 7.63. The summed E-state index contributed by atoms with van der Waals surface area (Å²) in [6.07, 6.45) is 2.49. The molecule has 1 amide bonds. The van der Waals surface area contributed by atoms with E-state index in [1.165, 1.54) is 41.5 Å². The summed E-state index contributed by atoms with van der Waals surface area (Å²) in [6.45, 7) is 0.0790. The van der Waals surface area contributed by atoms with Gasteiger partial charge in [-0.3, -0.25) is 9.20 Å². The third kappa shape index (κ3) is 2.69. The van der Waals surface area contributed by atoms with Gasteiger partial charge in [0.1, 0.15) is 23.6 Å².